The number of rotatable bonds is 49. The Labute approximate surface area is 395 Å². The largest absolute Gasteiger partial charge is 0.756 e. The third kappa shape index (κ3) is 49.7. The summed E-state index contributed by atoms with van der Waals surface area (Å²) in [5, 5.41) is 0. The molecular weight excluding hydrogens is 822 g/mol. The van der Waals surface area contributed by atoms with Crippen molar-refractivity contribution in [2.75, 3.05) is 47.5 Å². The van der Waals surface area contributed by atoms with Crippen molar-refractivity contribution >= 4 is 19.8 Å². The zero-order chi connectivity index (χ0) is 47.1. The van der Waals surface area contributed by atoms with Crippen LogP contribution in [0.4, 0.5) is 0 Å². The Kier molecular flexibility index (Phi) is 45.1. The standard InChI is InChI=1S/C54H102NO8P/c1-6-8-10-12-14-16-18-20-22-24-25-26-27-28-29-31-33-35-37-39-41-43-45-47-54(57)63-52(51-62-64(58,59)61-49-48-55(3,4)5)50-60-53(56)46-44-42-40-38-36-34-32-30-23-21-19-17-15-13-11-9-7-2/h21,23,31,33,39,41,52H,6-20,22,24-30,32,34-38,40,42-51H2,1-5H3/b23-21+,33-31+,41-39+/t52-/m1/s1. The molecule has 9 nitrogen and oxygen atoms in total. The van der Waals surface area contributed by atoms with Gasteiger partial charge in [0.2, 0.25) is 0 Å². The molecule has 0 aromatic heterocycles. The molecule has 376 valence electrons. The number of phosphoric acid groups is 1. The predicted octanol–water partition coefficient (Wildman–Crippen LogP) is 15.4. The molecule has 0 bridgehead atoms. The minimum absolute atomic E-state index is 0.0379. The maximum absolute atomic E-state index is 12.7. The molecular formula is C54H102NO8P. The van der Waals surface area contributed by atoms with Gasteiger partial charge in [0.05, 0.1) is 27.7 Å². The van der Waals surface area contributed by atoms with Crippen molar-refractivity contribution < 1.29 is 42.1 Å². The molecule has 0 aliphatic heterocycles. The van der Waals surface area contributed by atoms with Crippen LogP contribution >= 0.6 is 7.82 Å². The van der Waals surface area contributed by atoms with Gasteiger partial charge >= 0.3 is 11.9 Å². The lowest BCUT2D eigenvalue weighted by molar-refractivity contribution is -0.870. The van der Waals surface area contributed by atoms with Gasteiger partial charge in [0.25, 0.3) is 7.82 Å². The first-order valence-electron chi connectivity index (χ1n) is 26.7. The number of unbranched alkanes of at least 4 members (excludes halogenated alkanes) is 29. The first kappa shape index (κ1) is 62.2. The third-order valence-corrected chi connectivity index (χ3v) is 12.6. The SMILES string of the molecule is CCCCCCCC/C=C/CCCCCCCCCC(=O)OC[C@H](COP(=O)([O-])OCC[N+](C)(C)C)OC(=O)CCC/C=C/CC/C=C/CCCCCCCCCCCCCCCC. The summed E-state index contributed by atoms with van der Waals surface area (Å²) in [5.74, 6) is -0.881. The molecule has 0 aliphatic rings. The third-order valence-electron chi connectivity index (χ3n) is 11.6. The van der Waals surface area contributed by atoms with E-state index in [-0.39, 0.29) is 26.1 Å². The highest BCUT2D eigenvalue weighted by Gasteiger charge is 2.21. The van der Waals surface area contributed by atoms with Crippen LogP contribution < -0.4 is 4.89 Å². The van der Waals surface area contributed by atoms with Gasteiger partial charge in [-0.3, -0.25) is 14.2 Å². The number of allylic oxidation sites excluding steroid dienone is 6. The second kappa shape index (κ2) is 46.3. The summed E-state index contributed by atoms with van der Waals surface area (Å²) in [6.07, 6.45) is 54.8. The topological polar surface area (TPSA) is 111 Å². The number of esters is 2. The van der Waals surface area contributed by atoms with Crippen molar-refractivity contribution in [1.82, 2.24) is 0 Å². The van der Waals surface area contributed by atoms with Crippen LogP contribution in [-0.4, -0.2) is 70.0 Å². The molecule has 0 amide bonds. The van der Waals surface area contributed by atoms with Crippen LogP contribution in [-0.2, 0) is 32.7 Å². The van der Waals surface area contributed by atoms with Crippen molar-refractivity contribution in [3.8, 4) is 0 Å². The normalized spacial score (nSPS) is 13.7. The van der Waals surface area contributed by atoms with Crippen LogP contribution in [0.15, 0.2) is 36.5 Å². The van der Waals surface area contributed by atoms with E-state index >= 15 is 0 Å². The summed E-state index contributed by atoms with van der Waals surface area (Å²) in [5.41, 5.74) is 0. The maximum Gasteiger partial charge on any atom is 0.306 e. The maximum atomic E-state index is 12.7. The minimum atomic E-state index is -4.64. The van der Waals surface area contributed by atoms with Crippen LogP contribution in [0.2, 0.25) is 0 Å². The van der Waals surface area contributed by atoms with Gasteiger partial charge in [0.1, 0.15) is 19.8 Å². The van der Waals surface area contributed by atoms with E-state index < -0.39 is 32.5 Å². The minimum Gasteiger partial charge on any atom is -0.756 e. The molecule has 0 rings (SSSR count). The number of ether oxygens (including phenoxy) is 2. The van der Waals surface area contributed by atoms with Gasteiger partial charge in [-0.05, 0) is 70.6 Å². The van der Waals surface area contributed by atoms with Crippen molar-refractivity contribution in [3.63, 3.8) is 0 Å². The lowest BCUT2D eigenvalue weighted by atomic mass is 10.0. The zero-order valence-corrected chi connectivity index (χ0v) is 43.4. The van der Waals surface area contributed by atoms with Gasteiger partial charge in [0, 0.05) is 12.8 Å². The summed E-state index contributed by atoms with van der Waals surface area (Å²) in [4.78, 5) is 37.7. The number of carbonyl (C=O) groups excluding carboxylic acids is 2. The molecule has 0 saturated carbocycles. The number of carbonyl (C=O) groups is 2. The van der Waals surface area contributed by atoms with Crippen molar-refractivity contribution in [2.24, 2.45) is 0 Å². The highest BCUT2D eigenvalue weighted by atomic mass is 31.2. The van der Waals surface area contributed by atoms with Crippen LogP contribution in [0.25, 0.3) is 0 Å². The highest BCUT2D eigenvalue weighted by Crippen LogP contribution is 2.38. The Morgan fingerprint density at radius 3 is 1.25 bits per heavy atom. The Morgan fingerprint density at radius 1 is 0.469 bits per heavy atom. The summed E-state index contributed by atoms with van der Waals surface area (Å²) in [6.45, 7) is 4.21. The van der Waals surface area contributed by atoms with Crippen molar-refractivity contribution in [2.45, 2.75) is 251 Å². The Balaban J connectivity index is 4.27. The van der Waals surface area contributed by atoms with Gasteiger partial charge in [-0.2, -0.15) is 0 Å². The molecule has 0 radical (unpaired) electrons. The number of quaternary nitrogens is 1. The first-order valence-corrected chi connectivity index (χ1v) is 28.2. The van der Waals surface area contributed by atoms with Crippen molar-refractivity contribution in [3.05, 3.63) is 36.5 Å². The molecule has 10 heteroatoms. The fraction of sp³-hybridized carbons (Fsp3) is 0.852. The average molecular weight is 924 g/mol. The van der Waals surface area contributed by atoms with Crippen LogP contribution in [0.1, 0.15) is 245 Å². The van der Waals surface area contributed by atoms with E-state index in [0.29, 0.717) is 17.4 Å². The van der Waals surface area contributed by atoms with E-state index in [1.54, 1.807) is 0 Å². The van der Waals surface area contributed by atoms with E-state index in [0.717, 1.165) is 57.8 Å². The fourth-order valence-corrected chi connectivity index (χ4v) is 8.16. The first-order chi connectivity index (χ1) is 31.0. The van der Waals surface area contributed by atoms with Gasteiger partial charge in [-0.25, -0.2) is 0 Å². The number of nitrogens with zero attached hydrogens (tertiary/aromatic N) is 1. The van der Waals surface area contributed by atoms with Gasteiger partial charge in [-0.15, -0.1) is 0 Å². The van der Waals surface area contributed by atoms with Crippen molar-refractivity contribution in [1.29, 1.82) is 0 Å². The molecule has 0 heterocycles. The summed E-state index contributed by atoms with van der Waals surface area (Å²) in [7, 11) is 1.15. The molecule has 0 aromatic carbocycles. The van der Waals surface area contributed by atoms with E-state index in [1.807, 2.05) is 21.1 Å². The second-order valence-electron chi connectivity index (χ2n) is 19.2. The van der Waals surface area contributed by atoms with E-state index in [1.165, 1.54) is 154 Å². The summed E-state index contributed by atoms with van der Waals surface area (Å²) in [6, 6.07) is 0. The Morgan fingerprint density at radius 2 is 0.828 bits per heavy atom. The van der Waals surface area contributed by atoms with Gasteiger partial charge < -0.3 is 27.9 Å². The van der Waals surface area contributed by atoms with E-state index in [9.17, 15) is 19.0 Å². The lowest BCUT2D eigenvalue weighted by Gasteiger charge is -2.28. The molecule has 0 saturated heterocycles. The van der Waals surface area contributed by atoms with Crippen LogP contribution in [0.3, 0.4) is 0 Å². The lowest BCUT2D eigenvalue weighted by Crippen LogP contribution is -2.37. The van der Waals surface area contributed by atoms with E-state index in [4.69, 9.17) is 18.5 Å². The molecule has 0 fully saturated rings. The van der Waals surface area contributed by atoms with Crippen LogP contribution in [0, 0.1) is 0 Å². The molecule has 0 aliphatic carbocycles. The highest BCUT2D eigenvalue weighted by molar-refractivity contribution is 7.45. The summed E-state index contributed by atoms with van der Waals surface area (Å²) >= 11 is 0. The molecule has 0 spiro atoms. The number of phosphoric ester groups is 1. The monoisotopic (exact) mass is 924 g/mol. The quantitative estimate of drug-likeness (QED) is 0.0195. The Bertz CT molecular complexity index is 1180. The van der Waals surface area contributed by atoms with E-state index in [2.05, 4.69) is 50.3 Å². The summed E-state index contributed by atoms with van der Waals surface area (Å²) < 4.78 is 34.0. The van der Waals surface area contributed by atoms with Gasteiger partial charge in [0.15, 0.2) is 6.10 Å². The number of hydrogen-bond acceptors (Lipinski definition) is 8. The molecule has 0 aromatic rings. The zero-order valence-electron chi connectivity index (χ0n) is 42.5. The fourth-order valence-electron chi connectivity index (χ4n) is 7.44. The molecule has 0 N–H and O–H groups in total. The number of likely N-dealkylation sites (N-methyl/N-ethyl adjacent to an activating group) is 1. The molecule has 1 unspecified atom stereocenters. The smallest absolute Gasteiger partial charge is 0.306 e. The predicted molar refractivity (Wildman–Crippen MR) is 268 cm³/mol. The Hall–Kier alpha value is -1.77. The number of hydrogen-bond donors (Lipinski definition) is 0. The molecule has 2 atom stereocenters. The average Bonchev–Trinajstić information content (AvgIpc) is 3.25. The van der Waals surface area contributed by atoms with Gasteiger partial charge in [-0.1, -0.05) is 198 Å². The van der Waals surface area contributed by atoms with Crippen LogP contribution in [0.5, 0.6) is 0 Å². The molecule has 64 heavy (non-hydrogen) atoms. The second-order valence-corrected chi connectivity index (χ2v) is 20.6.